The summed E-state index contributed by atoms with van der Waals surface area (Å²) in [6.07, 6.45) is 0.712. The molecule has 0 spiro atoms. The largest absolute Gasteiger partial charge is 0.488 e. The Balaban J connectivity index is 0.000000122. The Bertz CT molecular complexity index is 7560. The second kappa shape index (κ2) is 37.7. The van der Waals surface area contributed by atoms with Gasteiger partial charge in [0.25, 0.3) is 0 Å². The van der Waals surface area contributed by atoms with Gasteiger partial charge in [0.2, 0.25) is 0 Å². The molecule has 4 N–H and O–H groups in total. The fourth-order valence-corrected chi connectivity index (χ4v) is 16.4. The quantitative estimate of drug-likeness (QED) is 0.0490. The molecule has 0 aliphatic carbocycles. The minimum atomic E-state index is -1.21. The van der Waals surface area contributed by atoms with Gasteiger partial charge >= 0.3 is 23.9 Å². The number of nitrogens with zero attached hydrogens (tertiary/aromatic N) is 4. The number of halogens is 2. The first-order valence-electron chi connectivity index (χ1n) is 42.3. The summed E-state index contributed by atoms with van der Waals surface area (Å²) >= 11 is 6.46. The van der Waals surface area contributed by atoms with Gasteiger partial charge in [0.1, 0.15) is 106 Å². The van der Waals surface area contributed by atoms with E-state index in [9.17, 15) is 44.0 Å². The van der Waals surface area contributed by atoms with Gasteiger partial charge in [0.05, 0.1) is 65.4 Å². The lowest BCUT2D eigenvalue weighted by Gasteiger charge is -2.17. The zero-order valence-electron chi connectivity index (χ0n) is 72.1. The molecule has 0 aliphatic rings. The monoisotopic (exact) mass is 1760 g/mol. The van der Waals surface area contributed by atoms with E-state index < -0.39 is 29.7 Å². The number of carboxylic acid groups (broad SMARTS) is 4. The van der Waals surface area contributed by atoms with Gasteiger partial charge in [0.15, 0.2) is 23.0 Å². The minimum absolute atomic E-state index is 0.0513. The molecule has 0 atom stereocenters. The highest BCUT2D eigenvalue weighted by atomic mass is 35.5. The maximum atomic E-state index is 14.8. The predicted octanol–water partition coefficient (Wildman–Crippen LogP) is 27.4. The number of pyridine rings is 4. The van der Waals surface area contributed by atoms with Crippen LogP contribution in [0.4, 0.5) is 4.39 Å². The molecule has 131 heavy (non-hydrogen) atoms. The number of carboxylic acids is 4. The number of aromatic nitrogens is 4. The third kappa shape index (κ3) is 17.9. The van der Waals surface area contributed by atoms with Gasteiger partial charge in [-0.05, 0) is 158 Å². The number of fused-ring (bicyclic) bond motifs is 8. The number of furan rings is 4. The van der Waals surface area contributed by atoms with E-state index in [-0.39, 0.29) is 57.1 Å². The Morgan fingerprint density at radius 3 is 0.924 bits per heavy atom. The van der Waals surface area contributed by atoms with Crippen molar-refractivity contribution in [3.63, 3.8) is 0 Å². The van der Waals surface area contributed by atoms with E-state index in [1.807, 2.05) is 277 Å². The highest BCUT2D eigenvalue weighted by molar-refractivity contribution is 6.36. The second-order valence-corrected chi connectivity index (χ2v) is 32.0. The molecule has 0 saturated carbocycles. The number of para-hydroxylation sites is 4. The zero-order valence-corrected chi connectivity index (χ0v) is 72.8. The van der Waals surface area contributed by atoms with Gasteiger partial charge in [-0.15, -0.1) is 0 Å². The Morgan fingerprint density at radius 1 is 0.336 bits per heavy atom. The highest BCUT2D eigenvalue weighted by Gasteiger charge is 2.29. The standard InChI is InChI=1S/C29H25NO4.C28H23NO4.C26H18ClNO4.C26H18FNO4/c1-17(2)20-13-14-25(33-16-19-9-5-4-6-10-19)26-22(29(31)32)15-23(30-27(20)26)28-18(3)21-11-7-8-12-24(21)34-28;1-3-19-13-14-24(32-16-18-9-5-4-6-10-18)25-21(28(30)31)15-22(29-26(19)25)27-17(2)20-11-7-8-12-23(20)33-27;2*1-15-17-9-5-6-10-21(17)32-25(15)20-13-18(26(29)30)23-22(12-11-19(27)24(23)28-20)31-14-16-7-3-2-4-8-16/h4-15,17H,16H2,1-3H3,(H,31,32);4-15H,3,16H2,1-2H3,(H,30,31);2*2-13H,14H2,1H3,(H,29,30). The Hall–Kier alpha value is -16.3. The molecule has 0 saturated heterocycles. The van der Waals surface area contributed by atoms with Crippen LogP contribution in [-0.2, 0) is 32.8 Å². The Morgan fingerprint density at radius 2 is 0.603 bits per heavy atom. The van der Waals surface area contributed by atoms with Crippen molar-refractivity contribution in [1.29, 1.82) is 0 Å². The third-order valence-corrected chi connectivity index (χ3v) is 23.2. The summed E-state index contributed by atoms with van der Waals surface area (Å²) in [7, 11) is 0. The van der Waals surface area contributed by atoms with Crippen LogP contribution in [-0.4, -0.2) is 64.2 Å². The molecule has 0 bridgehead atoms. The average Bonchev–Trinajstić information content (AvgIpc) is 1.72. The number of ether oxygens (including phenoxy) is 4. The molecule has 20 rings (SSSR count). The van der Waals surface area contributed by atoms with Crippen LogP contribution in [0.1, 0.15) is 124 Å². The Labute approximate surface area is 755 Å². The molecule has 8 heterocycles. The van der Waals surface area contributed by atoms with Crippen molar-refractivity contribution >= 4 is 123 Å². The highest BCUT2D eigenvalue weighted by Crippen LogP contribution is 2.45. The number of carbonyl (C=O) groups is 4. The smallest absolute Gasteiger partial charge is 0.336 e. The van der Waals surface area contributed by atoms with Crippen molar-refractivity contribution in [3.05, 3.63) is 380 Å². The number of hydrogen-bond acceptors (Lipinski definition) is 16. The maximum Gasteiger partial charge on any atom is 0.336 e. The van der Waals surface area contributed by atoms with E-state index in [1.165, 1.54) is 24.3 Å². The normalized spacial score (nSPS) is 11.3. The number of aromatic carboxylic acids is 4. The summed E-state index contributed by atoms with van der Waals surface area (Å²) in [5.74, 6) is -1.11. The van der Waals surface area contributed by atoms with Gasteiger partial charge in [-0.25, -0.2) is 43.5 Å². The van der Waals surface area contributed by atoms with Gasteiger partial charge in [-0.1, -0.05) is 239 Å². The summed E-state index contributed by atoms with van der Waals surface area (Å²) in [5, 5.41) is 45.9. The van der Waals surface area contributed by atoms with Gasteiger partial charge in [-0.3, -0.25) is 0 Å². The maximum absolute atomic E-state index is 14.8. The molecule has 8 aromatic heterocycles. The summed E-state index contributed by atoms with van der Waals surface area (Å²) in [5.41, 5.74) is 15.6. The van der Waals surface area contributed by atoms with Gasteiger partial charge < -0.3 is 57.0 Å². The first-order chi connectivity index (χ1) is 63.5. The molecule has 0 amide bonds. The van der Waals surface area contributed by atoms with Crippen LogP contribution < -0.4 is 18.9 Å². The molecule has 0 fully saturated rings. The first kappa shape index (κ1) is 86.8. The molecule has 0 aliphatic heterocycles. The van der Waals surface area contributed by atoms with Crippen LogP contribution in [0.2, 0.25) is 5.02 Å². The van der Waals surface area contributed by atoms with Gasteiger partial charge in [0, 0.05) is 43.8 Å². The van der Waals surface area contributed by atoms with Crippen molar-refractivity contribution in [2.75, 3.05) is 0 Å². The average molecular weight is 1760 g/mol. The molecule has 0 unspecified atom stereocenters. The topological polar surface area (TPSA) is 290 Å². The molecule has 12 aromatic carbocycles. The van der Waals surface area contributed by atoms with Crippen LogP contribution >= 0.6 is 11.6 Å². The van der Waals surface area contributed by atoms with E-state index in [2.05, 4.69) is 18.8 Å². The second-order valence-electron chi connectivity index (χ2n) is 31.6. The minimum Gasteiger partial charge on any atom is -0.488 e. The molecule has 20 aromatic rings. The molecule has 20 nitrogen and oxygen atoms in total. The van der Waals surface area contributed by atoms with E-state index >= 15 is 0 Å². The fourth-order valence-electron chi connectivity index (χ4n) is 16.2. The molecular weight excluding hydrogens is 1680 g/mol. The van der Waals surface area contributed by atoms with Crippen LogP contribution in [0.3, 0.4) is 0 Å². The van der Waals surface area contributed by atoms with Crippen molar-refractivity contribution in [1.82, 2.24) is 19.9 Å². The Kier molecular flexibility index (Phi) is 25.0. The summed E-state index contributed by atoms with van der Waals surface area (Å²) in [6.45, 7) is 15.1. The van der Waals surface area contributed by atoms with Crippen LogP contribution in [0.15, 0.2) is 309 Å². The molecular formula is C109H84ClFN4O16. The van der Waals surface area contributed by atoms with Crippen molar-refractivity contribution in [2.24, 2.45) is 0 Å². The zero-order chi connectivity index (χ0) is 91.3. The first-order valence-corrected chi connectivity index (χ1v) is 42.7. The summed E-state index contributed by atoms with van der Waals surface area (Å²) < 4.78 is 63.1. The van der Waals surface area contributed by atoms with E-state index in [4.69, 9.17) is 63.2 Å². The van der Waals surface area contributed by atoms with Crippen molar-refractivity contribution in [2.45, 2.75) is 87.2 Å². The number of hydrogen-bond donors (Lipinski definition) is 4. The van der Waals surface area contributed by atoms with Crippen LogP contribution in [0.5, 0.6) is 23.0 Å². The van der Waals surface area contributed by atoms with E-state index in [0.717, 1.165) is 88.3 Å². The number of benzene rings is 12. The number of rotatable bonds is 22. The molecule has 0 radical (unpaired) electrons. The predicted molar refractivity (Wildman–Crippen MR) is 506 cm³/mol. The summed E-state index contributed by atoms with van der Waals surface area (Å²) in [6, 6.07) is 89.0. The fraction of sp³-hybridized carbons (Fsp3) is 0.119. The van der Waals surface area contributed by atoms with Crippen LogP contribution in [0, 0.1) is 33.5 Å². The van der Waals surface area contributed by atoms with E-state index in [0.29, 0.717) is 133 Å². The third-order valence-electron chi connectivity index (χ3n) is 22.9. The lowest BCUT2D eigenvalue weighted by Crippen LogP contribution is -2.05. The lowest BCUT2D eigenvalue weighted by atomic mass is 9.95. The van der Waals surface area contributed by atoms with Crippen LogP contribution in [0.25, 0.3) is 133 Å². The SMILES string of the molecule is CCc1ccc(OCc2ccccc2)c2c(C(=O)O)cc(-c3oc4ccccc4c3C)nc12.Cc1c(-c2cc(C(=O)O)c3c(OCc4ccccc4)ccc(C(C)C)c3n2)oc2ccccc12.Cc1c(-c2cc(C(=O)O)c3c(OCc4ccccc4)ccc(Cl)c3n2)oc2ccccc12.Cc1c(-c2cc(C(=O)O)c3c(OCc4ccccc4)ccc(F)c3n2)oc2ccccc12. The molecule has 650 valence electrons. The number of aryl methyl sites for hydroxylation is 5. The summed E-state index contributed by atoms with van der Waals surface area (Å²) in [4.78, 5) is 68.2. The van der Waals surface area contributed by atoms with Gasteiger partial charge in [-0.2, -0.15) is 0 Å². The lowest BCUT2D eigenvalue weighted by molar-refractivity contribution is 0.0688. The van der Waals surface area contributed by atoms with Crippen molar-refractivity contribution < 1.29 is 80.6 Å². The van der Waals surface area contributed by atoms with Crippen molar-refractivity contribution in [3.8, 4) is 68.8 Å². The molecule has 22 heteroatoms. The van der Waals surface area contributed by atoms with E-state index in [1.54, 1.807) is 24.3 Å².